The number of rotatable bonds is 4. The van der Waals surface area contributed by atoms with E-state index in [0.717, 1.165) is 16.6 Å². The average molecular weight is 258 g/mol. The quantitative estimate of drug-likeness (QED) is 0.821. The number of hydrogen-bond acceptors (Lipinski definition) is 1. The molecule has 1 unspecified atom stereocenters. The lowest BCUT2D eigenvalue weighted by Crippen LogP contribution is -2.12. The van der Waals surface area contributed by atoms with Crippen molar-refractivity contribution in [3.05, 3.63) is 65.2 Å². The first-order chi connectivity index (χ1) is 8.83. The summed E-state index contributed by atoms with van der Waals surface area (Å²) in [4.78, 5) is 0. The predicted octanol–water partition coefficient (Wildman–Crippen LogP) is 4.90. The van der Waals surface area contributed by atoms with E-state index in [0.29, 0.717) is 6.04 Å². The van der Waals surface area contributed by atoms with Crippen molar-refractivity contribution in [1.82, 2.24) is 0 Å². The van der Waals surface area contributed by atoms with Gasteiger partial charge in [-0.15, -0.1) is 0 Å². The smallest absolute Gasteiger partial charge is 0.0542 e. The lowest BCUT2D eigenvalue weighted by atomic mass is 10.0. The summed E-state index contributed by atoms with van der Waals surface area (Å²) < 4.78 is 0. The van der Waals surface area contributed by atoms with Crippen LogP contribution >= 0.6 is 11.6 Å². The first-order valence-electron chi connectivity index (χ1n) is 6.40. The van der Waals surface area contributed by atoms with Gasteiger partial charge in [0, 0.05) is 10.7 Å². The van der Waals surface area contributed by atoms with Crippen LogP contribution < -0.4 is 5.32 Å². The molecule has 0 bridgehead atoms. The van der Waals surface area contributed by atoms with E-state index in [1.165, 1.54) is 18.4 Å². The molecule has 0 heterocycles. The van der Waals surface area contributed by atoms with Crippen molar-refractivity contribution < 1.29 is 0 Å². The van der Waals surface area contributed by atoms with Crippen LogP contribution in [-0.4, -0.2) is 0 Å². The number of hydrogen-bond donors (Lipinski definition) is 1. The summed E-state index contributed by atoms with van der Waals surface area (Å²) in [5.74, 6) is 0.767. The molecule has 0 aliphatic heterocycles. The molecule has 1 aliphatic rings. The van der Waals surface area contributed by atoms with Crippen LogP contribution in [0.15, 0.2) is 54.6 Å². The van der Waals surface area contributed by atoms with Crippen LogP contribution in [0.2, 0.25) is 5.02 Å². The van der Waals surface area contributed by atoms with Gasteiger partial charge in [0.25, 0.3) is 0 Å². The SMILES string of the molecule is Clc1ccc(NC(c2ccccc2)C2CC2)cc1. The second-order valence-corrected chi connectivity index (χ2v) is 5.31. The van der Waals surface area contributed by atoms with Gasteiger partial charge in [-0.1, -0.05) is 41.9 Å². The summed E-state index contributed by atoms with van der Waals surface area (Å²) in [6, 6.07) is 19.0. The molecule has 1 N–H and O–H groups in total. The maximum Gasteiger partial charge on any atom is 0.0542 e. The standard InChI is InChI=1S/C16H16ClN/c17-14-8-10-15(11-9-14)18-16(13-6-7-13)12-4-2-1-3-5-12/h1-5,8-11,13,16,18H,6-7H2. The Bertz CT molecular complexity index is 502. The maximum atomic E-state index is 5.91. The van der Waals surface area contributed by atoms with Crippen molar-refractivity contribution in [1.29, 1.82) is 0 Å². The van der Waals surface area contributed by atoms with Gasteiger partial charge in [0.1, 0.15) is 0 Å². The molecule has 1 nitrogen and oxygen atoms in total. The van der Waals surface area contributed by atoms with E-state index >= 15 is 0 Å². The first-order valence-corrected chi connectivity index (χ1v) is 6.78. The molecule has 1 saturated carbocycles. The Kier molecular flexibility index (Phi) is 3.24. The zero-order valence-corrected chi connectivity index (χ0v) is 10.9. The highest BCUT2D eigenvalue weighted by atomic mass is 35.5. The minimum absolute atomic E-state index is 0.423. The van der Waals surface area contributed by atoms with Gasteiger partial charge in [0.05, 0.1) is 6.04 Å². The summed E-state index contributed by atoms with van der Waals surface area (Å²) in [6.07, 6.45) is 2.64. The second kappa shape index (κ2) is 5.03. The Morgan fingerprint density at radius 2 is 1.61 bits per heavy atom. The van der Waals surface area contributed by atoms with Gasteiger partial charge >= 0.3 is 0 Å². The minimum atomic E-state index is 0.423. The van der Waals surface area contributed by atoms with Gasteiger partial charge in [-0.25, -0.2) is 0 Å². The molecule has 1 fully saturated rings. The largest absolute Gasteiger partial charge is 0.378 e. The highest BCUT2D eigenvalue weighted by Gasteiger charge is 2.32. The monoisotopic (exact) mass is 257 g/mol. The van der Waals surface area contributed by atoms with Gasteiger partial charge in [0.15, 0.2) is 0 Å². The van der Waals surface area contributed by atoms with Gasteiger partial charge in [-0.2, -0.15) is 0 Å². The Hall–Kier alpha value is -1.47. The van der Waals surface area contributed by atoms with E-state index in [4.69, 9.17) is 11.6 Å². The van der Waals surface area contributed by atoms with Crippen LogP contribution in [-0.2, 0) is 0 Å². The van der Waals surface area contributed by atoms with Gasteiger partial charge < -0.3 is 5.32 Å². The van der Waals surface area contributed by atoms with E-state index in [2.05, 4.69) is 35.6 Å². The lowest BCUT2D eigenvalue weighted by Gasteiger charge is -2.20. The lowest BCUT2D eigenvalue weighted by molar-refractivity contribution is 0.679. The number of halogens is 1. The van der Waals surface area contributed by atoms with Crippen LogP contribution in [0, 0.1) is 5.92 Å². The van der Waals surface area contributed by atoms with E-state index in [1.54, 1.807) is 0 Å². The Balaban J connectivity index is 1.81. The molecule has 1 atom stereocenters. The zero-order valence-electron chi connectivity index (χ0n) is 10.1. The van der Waals surface area contributed by atoms with Crippen molar-refractivity contribution in [3.63, 3.8) is 0 Å². The van der Waals surface area contributed by atoms with Gasteiger partial charge in [-0.3, -0.25) is 0 Å². The molecular formula is C16H16ClN. The molecule has 18 heavy (non-hydrogen) atoms. The molecule has 2 aromatic carbocycles. The van der Waals surface area contributed by atoms with Crippen molar-refractivity contribution >= 4 is 17.3 Å². The van der Waals surface area contributed by atoms with Crippen LogP contribution in [0.4, 0.5) is 5.69 Å². The van der Waals surface area contributed by atoms with Gasteiger partial charge in [-0.05, 0) is 48.6 Å². The van der Waals surface area contributed by atoms with Crippen LogP contribution in [0.1, 0.15) is 24.4 Å². The highest BCUT2D eigenvalue weighted by Crippen LogP contribution is 2.42. The first kappa shape index (κ1) is 11.6. The zero-order chi connectivity index (χ0) is 12.4. The summed E-state index contributed by atoms with van der Waals surface area (Å²) >= 11 is 5.91. The van der Waals surface area contributed by atoms with E-state index in [9.17, 15) is 0 Å². The van der Waals surface area contributed by atoms with E-state index < -0.39 is 0 Å². The van der Waals surface area contributed by atoms with Crippen molar-refractivity contribution in [3.8, 4) is 0 Å². The van der Waals surface area contributed by atoms with Gasteiger partial charge in [0.2, 0.25) is 0 Å². The fourth-order valence-corrected chi connectivity index (χ4v) is 2.41. The third-order valence-corrected chi connectivity index (χ3v) is 3.67. The molecular weight excluding hydrogens is 242 g/mol. The fourth-order valence-electron chi connectivity index (χ4n) is 2.29. The summed E-state index contributed by atoms with van der Waals surface area (Å²) in [6.45, 7) is 0. The predicted molar refractivity (Wildman–Crippen MR) is 77.0 cm³/mol. The minimum Gasteiger partial charge on any atom is -0.378 e. The Morgan fingerprint density at radius 3 is 2.22 bits per heavy atom. The molecule has 0 saturated heterocycles. The third-order valence-electron chi connectivity index (χ3n) is 3.42. The molecule has 0 radical (unpaired) electrons. The third kappa shape index (κ3) is 2.68. The fraction of sp³-hybridized carbons (Fsp3) is 0.250. The van der Waals surface area contributed by atoms with Crippen molar-refractivity contribution in [2.75, 3.05) is 5.32 Å². The maximum absolute atomic E-state index is 5.91. The molecule has 0 amide bonds. The van der Waals surface area contributed by atoms with Crippen LogP contribution in [0.25, 0.3) is 0 Å². The molecule has 2 heteroatoms. The van der Waals surface area contributed by atoms with Crippen LogP contribution in [0.3, 0.4) is 0 Å². The Morgan fingerprint density at radius 1 is 0.944 bits per heavy atom. The normalized spacial score (nSPS) is 16.3. The summed E-state index contributed by atoms with van der Waals surface area (Å²) in [7, 11) is 0. The topological polar surface area (TPSA) is 12.0 Å². The average Bonchev–Trinajstić information content (AvgIpc) is 3.23. The summed E-state index contributed by atoms with van der Waals surface area (Å²) in [5, 5.41) is 4.41. The van der Waals surface area contributed by atoms with Crippen molar-refractivity contribution in [2.45, 2.75) is 18.9 Å². The molecule has 3 rings (SSSR count). The Labute approximate surface area is 113 Å². The van der Waals surface area contributed by atoms with E-state index in [-0.39, 0.29) is 0 Å². The molecule has 92 valence electrons. The molecule has 1 aliphatic carbocycles. The van der Waals surface area contributed by atoms with Crippen LogP contribution in [0.5, 0.6) is 0 Å². The highest BCUT2D eigenvalue weighted by molar-refractivity contribution is 6.30. The number of benzene rings is 2. The molecule has 2 aromatic rings. The van der Waals surface area contributed by atoms with E-state index in [1.807, 2.05) is 24.3 Å². The number of nitrogens with one attached hydrogen (secondary N) is 1. The summed E-state index contributed by atoms with van der Waals surface area (Å²) in [5.41, 5.74) is 2.51. The molecule has 0 aromatic heterocycles. The van der Waals surface area contributed by atoms with Crippen molar-refractivity contribution in [2.24, 2.45) is 5.92 Å². The number of anilines is 1. The molecule has 0 spiro atoms. The second-order valence-electron chi connectivity index (χ2n) is 4.88.